The zero-order chi connectivity index (χ0) is 14.3. The highest BCUT2D eigenvalue weighted by Crippen LogP contribution is 2.10. The van der Waals surface area contributed by atoms with Crippen molar-refractivity contribution < 1.29 is 19.4 Å². The van der Waals surface area contributed by atoms with Crippen LogP contribution < -0.4 is 11.1 Å². The van der Waals surface area contributed by atoms with Crippen molar-refractivity contribution in [1.29, 1.82) is 0 Å². The van der Waals surface area contributed by atoms with Crippen molar-refractivity contribution in [2.24, 2.45) is 5.73 Å². The van der Waals surface area contributed by atoms with Crippen LogP contribution in [0.3, 0.4) is 0 Å². The standard InChI is InChI=1S/C13H18N2O4/c1-2-13(18,15-11(16)8-14)12(17)19-9-10-6-4-3-5-7-10/h3-7,18H,2,8-9,14H2,1H3,(H,15,16). The number of nitrogens with one attached hydrogen (secondary N) is 1. The van der Waals surface area contributed by atoms with Crippen LogP contribution >= 0.6 is 0 Å². The van der Waals surface area contributed by atoms with Crippen LogP contribution in [0.25, 0.3) is 0 Å². The molecule has 0 bridgehead atoms. The van der Waals surface area contributed by atoms with Gasteiger partial charge in [0.25, 0.3) is 0 Å². The first-order valence-corrected chi connectivity index (χ1v) is 5.96. The number of hydrogen-bond donors (Lipinski definition) is 3. The fraction of sp³-hybridized carbons (Fsp3) is 0.385. The summed E-state index contributed by atoms with van der Waals surface area (Å²) in [6.07, 6.45) is -0.00758. The molecule has 0 saturated heterocycles. The number of amides is 1. The maximum Gasteiger partial charge on any atom is 0.359 e. The number of carbonyl (C=O) groups is 2. The molecule has 1 amide bonds. The molecule has 0 radical (unpaired) electrons. The average molecular weight is 266 g/mol. The molecule has 6 nitrogen and oxygen atoms in total. The molecule has 19 heavy (non-hydrogen) atoms. The van der Waals surface area contributed by atoms with Gasteiger partial charge in [0.15, 0.2) is 0 Å². The molecule has 1 rings (SSSR count). The molecular formula is C13H18N2O4. The highest BCUT2D eigenvalue weighted by atomic mass is 16.6. The minimum absolute atomic E-state index is 0.00758. The van der Waals surface area contributed by atoms with Crippen LogP contribution in [0, 0.1) is 0 Å². The third kappa shape index (κ3) is 4.35. The van der Waals surface area contributed by atoms with Crippen LogP contribution in [-0.2, 0) is 20.9 Å². The van der Waals surface area contributed by atoms with E-state index in [1.54, 1.807) is 19.1 Å². The van der Waals surface area contributed by atoms with Crippen LogP contribution in [0.15, 0.2) is 30.3 Å². The number of carbonyl (C=O) groups excluding carboxylic acids is 2. The summed E-state index contributed by atoms with van der Waals surface area (Å²) in [5.74, 6) is -1.53. The van der Waals surface area contributed by atoms with E-state index in [4.69, 9.17) is 10.5 Å². The molecule has 4 N–H and O–H groups in total. The third-order valence-electron chi connectivity index (χ3n) is 2.59. The molecule has 0 aromatic heterocycles. The van der Waals surface area contributed by atoms with Gasteiger partial charge in [-0.2, -0.15) is 0 Å². The quantitative estimate of drug-likeness (QED) is 0.493. The van der Waals surface area contributed by atoms with E-state index in [0.717, 1.165) is 5.56 Å². The molecule has 0 spiro atoms. The molecule has 0 aliphatic carbocycles. The van der Waals surface area contributed by atoms with E-state index >= 15 is 0 Å². The normalized spacial score (nSPS) is 13.4. The van der Waals surface area contributed by atoms with Crippen molar-refractivity contribution in [3.63, 3.8) is 0 Å². The number of benzene rings is 1. The molecule has 1 aromatic rings. The summed E-state index contributed by atoms with van der Waals surface area (Å²) < 4.78 is 4.99. The number of ether oxygens (including phenoxy) is 1. The summed E-state index contributed by atoms with van der Waals surface area (Å²) in [7, 11) is 0. The summed E-state index contributed by atoms with van der Waals surface area (Å²) in [5, 5.41) is 12.2. The van der Waals surface area contributed by atoms with Gasteiger partial charge in [-0.15, -0.1) is 0 Å². The van der Waals surface area contributed by atoms with Gasteiger partial charge in [-0.25, -0.2) is 4.79 Å². The first-order chi connectivity index (χ1) is 9.01. The topological polar surface area (TPSA) is 102 Å². The molecular weight excluding hydrogens is 248 g/mol. The minimum Gasteiger partial charge on any atom is -0.457 e. The molecule has 1 aromatic carbocycles. The second kappa shape index (κ2) is 6.86. The Balaban J connectivity index is 2.61. The van der Waals surface area contributed by atoms with Crippen LogP contribution in [0.1, 0.15) is 18.9 Å². The second-order valence-electron chi connectivity index (χ2n) is 4.03. The SMILES string of the molecule is CCC(O)(NC(=O)CN)C(=O)OCc1ccccc1. The number of hydrogen-bond acceptors (Lipinski definition) is 5. The fourth-order valence-electron chi connectivity index (χ4n) is 1.41. The highest BCUT2D eigenvalue weighted by Gasteiger charge is 2.37. The first-order valence-electron chi connectivity index (χ1n) is 5.96. The zero-order valence-electron chi connectivity index (χ0n) is 10.8. The zero-order valence-corrected chi connectivity index (χ0v) is 10.8. The van der Waals surface area contributed by atoms with Crippen LogP contribution in [0.5, 0.6) is 0 Å². The van der Waals surface area contributed by atoms with Crippen molar-refractivity contribution >= 4 is 11.9 Å². The van der Waals surface area contributed by atoms with Gasteiger partial charge < -0.3 is 20.9 Å². The van der Waals surface area contributed by atoms with Crippen molar-refractivity contribution in [2.45, 2.75) is 25.7 Å². The largest absolute Gasteiger partial charge is 0.457 e. The van der Waals surface area contributed by atoms with Gasteiger partial charge in [-0.1, -0.05) is 37.3 Å². The number of aliphatic hydroxyl groups is 1. The van der Waals surface area contributed by atoms with Gasteiger partial charge in [-0.05, 0) is 5.56 Å². The number of esters is 1. The Kier molecular flexibility index (Phi) is 5.47. The lowest BCUT2D eigenvalue weighted by molar-refractivity contribution is -0.173. The molecule has 0 aliphatic heterocycles. The third-order valence-corrected chi connectivity index (χ3v) is 2.59. The molecule has 0 saturated carbocycles. The smallest absolute Gasteiger partial charge is 0.359 e. The van der Waals surface area contributed by atoms with Gasteiger partial charge in [0.1, 0.15) is 6.61 Å². The van der Waals surface area contributed by atoms with Crippen molar-refractivity contribution in [3.05, 3.63) is 35.9 Å². The Hall–Kier alpha value is -1.92. The van der Waals surface area contributed by atoms with Gasteiger partial charge in [-0.3, -0.25) is 4.79 Å². The Morgan fingerprint density at radius 2 is 2.00 bits per heavy atom. The van der Waals surface area contributed by atoms with Gasteiger partial charge >= 0.3 is 5.97 Å². The molecule has 0 fully saturated rings. The summed E-state index contributed by atoms with van der Waals surface area (Å²) >= 11 is 0. The predicted molar refractivity (Wildman–Crippen MR) is 68.7 cm³/mol. The van der Waals surface area contributed by atoms with E-state index in [1.165, 1.54) is 0 Å². The lowest BCUT2D eigenvalue weighted by Crippen LogP contribution is -2.56. The van der Waals surface area contributed by atoms with Crippen molar-refractivity contribution in [3.8, 4) is 0 Å². The molecule has 104 valence electrons. The summed E-state index contributed by atoms with van der Waals surface area (Å²) in [4.78, 5) is 23.0. The molecule has 6 heteroatoms. The summed E-state index contributed by atoms with van der Waals surface area (Å²) in [5.41, 5.74) is 3.88. The monoisotopic (exact) mass is 266 g/mol. The Labute approximate surface area is 111 Å². The van der Waals surface area contributed by atoms with Crippen molar-refractivity contribution in [1.82, 2.24) is 5.32 Å². The molecule has 0 aliphatic rings. The van der Waals surface area contributed by atoms with E-state index in [1.807, 2.05) is 18.2 Å². The van der Waals surface area contributed by atoms with E-state index < -0.39 is 17.6 Å². The van der Waals surface area contributed by atoms with Crippen molar-refractivity contribution in [2.75, 3.05) is 6.54 Å². The van der Waals surface area contributed by atoms with Gasteiger partial charge in [0.2, 0.25) is 11.6 Å². The Morgan fingerprint density at radius 3 is 2.53 bits per heavy atom. The fourth-order valence-corrected chi connectivity index (χ4v) is 1.41. The van der Waals surface area contributed by atoms with E-state index in [9.17, 15) is 14.7 Å². The maximum absolute atomic E-state index is 11.8. The minimum atomic E-state index is -2.04. The lowest BCUT2D eigenvalue weighted by Gasteiger charge is -2.25. The van der Waals surface area contributed by atoms with Gasteiger partial charge in [0.05, 0.1) is 6.54 Å². The van der Waals surface area contributed by atoms with Crippen LogP contribution in [0.4, 0.5) is 0 Å². The van der Waals surface area contributed by atoms with E-state index in [0.29, 0.717) is 0 Å². The average Bonchev–Trinajstić information content (AvgIpc) is 2.45. The summed E-state index contributed by atoms with van der Waals surface area (Å²) in [6.45, 7) is 1.27. The first kappa shape index (κ1) is 15.1. The predicted octanol–water partition coefficient (Wildman–Crippen LogP) is -0.0967. The Morgan fingerprint density at radius 1 is 1.37 bits per heavy atom. The van der Waals surface area contributed by atoms with E-state index in [2.05, 4.69) is 5.32 Å². The number of rotatable bonds is 6. The lowest BCUT2D eigenvalue weighted by atomic mass is 10.1. The second-order valence-corrected chi connectivity index (χ2v) is 4.03. The van der Waals surface area contributed by atoms with Crippen LogP contribution in [0.2, 0.25) is 0 Å². The summed E-state index contributed by atoms with van der Waals surface area (Å²) in [6, 6.07) is 9.04. The highest BCUT2D eigenvalue weighted by molar-refractivity contribution is 5.87. The molecule has 1 atom stereocenters. The number of nitrogens with two attached hydrogens (primary N) is 1. The molecule has 0 heterocycles. The maximum atomic E-state index is 11.8. The van der Waals surface area contributed by atoms with E-state index in [-0.39, 0.29) is 19.6 Å². The molecule has 1 unspecified atom stereocenters. The van der Waals surface area contributed by atoms with Crippen LogP contribution in [-0.4, -0.2) is 29.3 Å². The Bertz CT molecular complexity index is 436. The van der Waals surface area contributed by atoms with Gasteiger partial charge in [0, 0.05) is 6.42 Å².